The zero-order valence-electron chi connectivity index (χ0n) is 16.9. The molecule has 29 heavy (non-hydrogen) atoms. The third-order valence-corrected chi connectivity index (χ3v) is 6.98. The summed E-state index contributed by atoms with van der Waals surface area (Å²) in [7, 11) is -0.698. The second-order valence-electron chi connectivity index (χ2n) is 6.09. The van der Waals surface area contributed by atoms with Gasteiger partial charge < -0.3 is 14.8 Å². The van der Waals surface area contributed by atoms with Crippen LogP contribution < -0.4 is 14.8 Å². The third kappa shape index (κ3) is 5.20. The van der Waals surface area contributed by atoms with Gasteiger partial charge in [-0.2, -0.15) is 4.31 Å². The number of hydrogen-bond donors (Lipinski definition) is 1. The van der Waals surface area contributed by atoms with Crippen molar-refractivity contribution < 1.29 is 22.7 Å². The Morgan fingerprint density at radius 2 is 1.76 bits per heavy atom. The van der Waals surface area contributed by atoms with Crippen molar-refractivity contribution in [2.75, 3.05) is 27.3 Å². The Labute approximate surface area is 176 Å². The maximum atomic E-state index is 12.8. The van der Waals surface area contributed by atoms with Crippen molar-refractivity contribution >= 4 is 27.5 Å². The molecule has 0 radical (unpaired) electrons. The minimum atomic E-state index is -3.79. The highest BCUT2D eigenvalue weighted by atomic mass is 35.5. The lowest BCUT2D eigenvalue weighted by Gasteiger charge is -2.19. The number of halogens is 1. The first-order valence-corrected chi connectivity index (χ1v) is 10.9. The number of hydrogen-bond acceptors (Lipinski definition) is 5. The van der Waals surface area contributed by atoms with E-state index in [1.165, 1.54) is 29.6 Å². The fraction of sp³-hybridized carbons (Fsp3) is 0.350. The van der Waals surface area contributed by atoms with Crippen LogP contribution in [0.25, 0.3) is 0 Å². The van der Waals surface area contributed by atoms with Gasteiger partial charge in [0, 0.05) is 36.8 Å². The van der Waals surface area contributed by atoms with Crippen molar-refractivity contribution in [1.29, 1.82) is 0 Å². The molecule has 158 valence electrons. The number of carbonyl (C=O) groups excluding carboxylic acids is 1. The van der Waals surface area contributed by atoms with Crippen molar-refractivity contribution in [2.24, 2.45) is 0 Å². The summed E-state index contributed by atoms with van der Waals surface area (Å²) in [5, 5.41) is 2.85. The highest BCUT2D eigenvalue weighted by Gasteiger charge is 2.25. The average Bonchev–Trinajstić information content (AvgIpc) is 2.72. The Morgan fingerprint density at radius 1 is 1.07 bits per heavy atom. The molecule has 0 saturated carbocycles. The number of benzene rings is 2. The summed E-state index contributed by atoms with van der Waals surface area (Å²) in [4.78, 5) is 12.5. The minimum absolute atomic E-state index is 0.0743. The molecule has 0 atom stereocenters. The predicted molar refractivity (Wildman–Crippen MR) is 112 cm³/mol. The summed E-state index contributed by atoms with van der Waals surface area (Å²) < 4.78 is 37.4. The summed E-state index contributed by atoms with van der Waals surface area (Å²) in [5.41, 5.74) is 0.958. The number of nitrogens with zero attached hydrogens (tertiary/aromatic N) is 1. The van der Waals surface area contributed by atoms with Crippen molar-refractivity contribution in [1.82, 2.24) is 9.62 Å². The van der Waals surface area contributed by atoms with Crippen molar-refractivity contribution in [3.63, 3.8) is 0 Å². The molecule has 2 aromatic rings. The third-order valence-electron chi connectivity index (χ3n) is 4.45. The molecule has 0 bridgehead atoms. The number of nitrogens with one attached hydrogen (secondary N) is 1. The van der Waals surface area contributed by atoms with Gasteiger partial charge in [-0.15, -0.1) is 0 Å². The van der Waals surface area contributed by atoms with Crippen LogP contribution in [-0.2, 0) is 16.6 Å². The Morgan fingerprint density at radius 3 is 2.34 bits per heavy atom. The van der Waals surface area contributed by atoms with Gasteiger partial charge in [-0.05, 0) is 30.3 Å². The zero-order valence-corrected chi connectivity index (χ0v) is 18.4. The lowest BCUT2D eigenvalue weighted by Crippen LogP contribution is -2.31. The quantitative estimate of drug-likeness (QED) is 0.646. The molecule has 1 amide bonds. The van der Waals surface area contributed by atoms with Crippen molar-refractivity contribution in [2.45, 2.75) is 25.3 Å². The molecule has 0 unspecified atom stereocenters. The lowest BCUT2D eigenvalue weighted by molar-refractivity contribution is 0.0950. The molecule has 0 aromatic heterocycles. The largest absolute Gasteiger partial charge is 0.497 e. The number of carbonyl (C=O) groups is 1. The van der Waals surface area contributed by atoms with E-state index in [-0.39, 0.29) is 22.0 Å². The zero-order chi connectivity index (χ0) is 21.6. The van der Waals surface area contributed by atoms with E-state index in [0.717, 1.165) is 5.56 Å². The Bertz CT molecular complexity index is 975. The van der Waals surface area contributed by atoms with E-state index >= 15 is 0 Å². The molecule has 1 N–H and O–H groups in total. The molecular formula is C20H25ClN2O5S. The summed E-state index contributed by atoms with van der Waals surface area (Å²) in [6.45, 7) is 4.31. The van der Waals surface area contributed by atoms with Crippen LogP contribution in [-0.4, -0.2) is 45.9 Å². The van der Waals surface area contributed by atoms with Crippen LogP contribution in [0.5, 0.6) is 11.5 Å². The van der Waals surface area contributed by atoms with Crippen LogP contribution in [0.4, 0.5) is 0 Å². The van der Waals surface area contributed by atoms with Crippen molar-refractivity contribution in [3.05, 3.63) is 52.5 Å². The summed E-state index contributed by atoms with van der Waals surface area (Å²) in [5.74, 6) is 0.793. The van der Waals surface area contributed by atoms with Gasteiger partial charge >= 0.3 is 0 Å². The first kappa shape index (κ1) is 23.0. The Hall–Kier alpha value is -2.29. The van der Waals surface area contributed by atoms with Crippen LogP contribution in [0.1, 0.15) is 29.8 Å². The van der Waals surface area contributed by atoms with Crippen LogP contribution in [0.3, 0.4) is 0 Å². The first-order chi connectivity index (χ1) is 13.8. The molecular weight excluding hydrogens is 416 g/mol. The molecule has 2 aromatic carbocycles. The fourth-order valence-corrected chi connectivity index (χ4v) is 4.78. The van der Waals surface area contributed by atoms with E-state index in [0.29, 0.717) is 24.6 Å². The first-order valence-electron chi connectivity index (χ1n) is 9.07. The van der Waals surface area contributed by atoms with Crippen LogP contribution in [0, 0.1) is 0 Å². The summed E-state index contributed by atoms with van der Waals surface area (Å²) in [6, 6.07) is 9.48. The monoisotopic (exact) mass is 440 g/mol. The molecule has 7 nitrogen and oxygen atoms in total. The maximum Gasteiger partial charge on any atom is 0.251 e. The Balaban J connectivity index is 2.25. The Kier molecular flexibility index (Phi) is 7.89. The standard InChI is InChI=1S/C20H25ClN2O5S/c1-5-23(6-2)29(25,26)19-11-14(8-10-17(19)21)20(24)22-13-15-7-9-16(27-3)12-18(15)28-4/h7-12H,5-6,13H2,1-4H3,(H,22,24). The number of ether oxygens (including phenoxy) is 2. The van der Waals surface area contributed by atoms with E-state index < -0.39 is 15.9 Å². The number of rotatable bonds is 9. The molecule has 2 rings (SSSR count). The minimum Gasteiger partial charge on any atom is -0.497 e. The van der Waals surface area contributed by atoms with Gasteiger partial charge in [-0.25, -0.2) is 8.42 Å². The predicted octanol–water partition coefficient (Wildman–Crippen LogP) is 3.32. The van der Waals surface area contributed by atoms with Gasteiger partial charge in [0.2, 0.25) is 10.0 Å². The fourth-order valence-electron chi connectivity index (χ4n) is 2.82. The van der Waals surface area contributed by atoms with E-state index in [4.69, 9.17) is 21.1 Å². The van der Waals surface area contributed by atoms with Gasteiger partial charge in [-0.3, -0.25) is 4.79 Å². The van der Waals surface area contributed by atoms with Crippen LogP contribution in [0.2, 0.25) is 5.02 Å². The van der Waals surface area contributed by atoms with E-state index in [1.54, 1.807) is 39.2 Å². The SMILES string of the molecule is CCN(CC)S(=O)(=O)c1cc(C(=O)NCc2ccc(OC)cc2OC)ccc1Cl. The van der Waals surface area contributed by atoms with Gasteiger partial charge in [0.05, 0.1) is 19.2 Å². The summed E-state index contributed by atoms with van der Waals surface area (Å²) in [6.07, 6.45) is 0. The van der Waals surface area contributed by atoms with E-state index in [1.807, 2.05) is 0 Å². The van der Waals surface area contributed by atoms with Crippen LogP contribution in [0.15, 0.2) is 41.3 Å². The van der Waals surface area contributed by atoms with Gasteiger partial charge in [0.1, 0.15) is 16.4 Å². The van der Waals surface area contributed by atoms with E-state index in [9.17, 15) is 13.2 Å². The molecule has 0 fully saturated rings. The molecule has 0 aliphatic heterocycles. The van der Waals surface area contributed by atoms with Gasteiger partial charge in [0.15, 0.2) is 0 Å². The maximum absolute atomic E-state index is 12.8. The average molecular weight is 441 g/mol. The molecule has 0 aliphatic carbocycles. The molecule has 0 heterocycles. The van der Waals surface area contributed by atoms with Gasteiger partial charge in [0.25, 0.3) is 5.91 Å². The second-order valence-corrected chi connectivity index (χ2v) is 8.41. The smallest absolute Gasteiger partial charge is 0.251 e. The number of amides is 1. The van der Waals surface area contributed by atoms with Crippen molar-refractivity contribution in [3.8, 4) is 11.5 Å². The number of methoxy groups -OCH3 is 2. The molecule has 0 spiro atoms. The normalized spacial score (nSPS) is 11.4. The summed E-state index contributed by atoms with van der Waals surface area (Å²) >= 11 is 6.12. The van der Waals surface area contributed by atoms with Gasteiger partial charge in [-0.1, -0.05) is 25.4 Å². The molecule has 0 saturated heterocycles. The second kappa shape index (κ2) is 9.96. The van der Waals surface area contributed by atoms with Crippen LogP contribution >= 0.6 is 11.6 Å². The molecule has 0 aliphatic rings. The highest BCUT2D eigenvalue weighted by molar-refractivity contribution is 7.89. The van der Waals surface area contributed by atoms with E-state index in [2.05, 4.69) is 5.32 Å². The topological polar surface area (TPSA) is 84.9 Å². The highest BCUT2D eigenvalue weighted by Crippen LogP contribution is 2.27. The lowest BCUT2D eigenvalue weighted by atomic mass is 10.1. The molecule has 9 heteroatoms. The number of sulfonamides is 1.